The molecule has 2 aliphatic heterocycles. The van der Waals surface area contributed by atoms with Crippen molar-refractivity contribution in [1.82, 2.24) is 33.8 Å². The van der Waals surface area contributed by atoms with E-state index in [-0.39, 0.29) is 21.7 Å². The fraction of sp³-hybridized carbons (Fsp3) is 0.617. The highest BCUT2D eigenvalue weighted by molar-refractivity contribution is 5.28. The molecule has 6 rings (SSSR count). The molecule has 0 bridgehead atoms. The number of morpholine rings is 1. The Kier molecular flexibility index (Phi) is 16.9. The fourth-order valence-corrected chi connectivity index (χ4v) is 6.38. The molecule has 0 saturated carbocycles. The van der Waals surface area contributed by atoms with E-state index in [9.17, 15) is 0 Å². The molecule has 0 radical (unpaired) electrons. The second-order valence-electron chi connectivity index (χ2n) is 19.7. The van der Waals surface area contributed by atoms with Crippen molar-refractivity contribution in [3.8, 4) is 0 Å². The Morgan fingerprint density at radius 3 is 1.31 bits per heavy atom. The third-order valence-electron chi connectivity index (χ3n) is 10.2. The Bertz CT molecular complexity index is 1640. The number of aromatic nitrogens is 4. The summed E-state index contributed by atoms with van der Waals surface area (Å²) in [5, 5.41) is 0. The molecule has 2 aromatic heterocycles. The van der Waals surface area contributed by atoms with Crippen LogP contribution >= 0.6 is 0 Å². The maximum Gasteiger partial charge on any atom is 0.0947 e. The lowest BCUT2D eigenvalue weighted by Crippen LogP contribution is -2.43. The number of hydrogen-bond acceptors (Lipinski definition) is 6. The van der Waals surface area contributed by atoms with E-state index in [0.29, 0.717) is 0 Å². The van der Waals surface area contributed by atoms with Crippen LogP contribution in [0.4, 0.5) is 0 Å². The van der Waals surface area contributed by atoms with Crippen LogP contribution in [0.2, 0.25) is 0 Å². The number of benzene rings is 2. The van der Waals surface area contributed by atoms with Gasteiger partial charge in [0.05, 0.1) is 31.6 Å². The lowest BCUT2D eigenvalue weighted by Gasteiger charge is -2.32. The molecule has 306 valence electrons. The van der Waals surface area contributed by atoms with Gasteiger partial charge >= 0.3 is 0 Å². The summed E-state index contributed by atoms with van der Waals surface area (Å²) >= 11 is 0. The molecule has 2 aliphatic rings. The summed E-state index contributed by atoms with van der Waals surface area (Å²) in [6.07, 6.45) is 7.64. The van der Waals surface area contributed by atoms with Gasteiger partial charge in [-0.15, -0.1) is 0 Å². The van der Waals surface area contributed by atoms with Crippen LogP contribution in [0.3, 0.4) is 0 Å². The zero-order valence-electron chi connectivity index (χ0n) is 37.5. The van der Waals surface area contributed by atoms with Gasteiger partial charge in [0.1, 0.15) is 0 Å². The normalized spacial score (nSPS) is 16.3. The smallest absolute Gasteiger partial charge is 0.0947 e. The largest absolute Gasteiger partial charge is 0.379 e. The van der Waals surface area contributed by atoms with Gasteiger partial charge in [0, 0.05) is 95.4 Å². The third kappa shape index (κ3) is 16.4. The molecule has 4 heterocycles. The van der Waals surface area contributed by atoms with E-state index in [2.05, 4.69) is 174 Å². The minimum atomic E-state index is 0.182. The Hall–Kier alpha value is -3.30. The molecule has 0 unspecified atom stereocenters. The van der Waals surface area contributed by atoms with Gasteiger partial charge in [0.2, 0.25) is 0 Å². The van der Waals surface area contributed by atoms with E-state index in [4.69, 9.17) is 4.74 Å². The Labute approximate surface area is 336 Å². The number of nitrogens with zero attached hydrogens (tertiary/aromatic N) is 7. The summed E-state index contributed by atoms with van der Waals surface area (Å²) in [4.78, 5) is 15.7. The molecule has 0 spiro atoms. The van der Waals surface area contributed by atoms with Crippen molar-refractivity contribution in [1.29, 1.82) is 0 Å². The molecule has 2 fully saturated rings. The molecule has 0 aliphatic carbocycles. The van der Waals surface area contributed by atoms with E-state index < -0.39 is 0 Å². The van der Waals surface area contributed by atoms with E-state index in [1.807, 2.05) is 37.5 Å². The highest BCUT2D eigenvalue weighted by Gasteiger charge is 2.18. The summed E-state index contributed by atoms with van der Waals surface area (Å²) < 4.78 is 9.39. The second-order valence-corrected chi connectivity index (χ2v) is 19.7. The number of ether oxygens (including phenoxy) is 1. The van der Waals surface area contributed by atoms with Crippen molar-refractivity contribution >= 4 is 0 Å². The van der Waals surface area contributed by atoms with Crippen molar-refractivity contribution in [2.24, 2.45) is 14.1 Å². The van der Waals surface area contributed by atoms with E-state index in [1.54, 1.807) is 0 Å². The van der Waals surface area contributed by atoms with E-state index in [0.717, 1.165) is 45.1 Å². The first kappa shape index (κ1) is 46.1. The van der Waals surface area contributed by atoms with E-state index in [1.165, 1.54) is 54.1 Å². The van der Waals surface area contributed by atoms with Crippen LogP contribution in [0, 0.1) is 0 Å². The molecule has 2 saturated heterocycles. The first-order chi connectivity index (χ1) is 25.5. The highest BCUT2D eigenvalue weighted by Crippen LogP contribution is 2.24. The predicted octanol–water partition coefficient (Wildman–Crippen LogP) is 8.98. The van der Waals surface area contributed by atoms with Gasteiger partial charge in [0.25, 0.3) is 0 Å². The number of rotatable bonds is 4. The summed E-state index contributed by atoms with van der Waals surface area (Å²) in [6, 6.07) is 18.2. The van der Waals surface area contributed by atoms with Crippen molar-refractivity contribution < 1.29 is 4.74 Å². The average molecular weight is 756 g/mol. The molecule has 0 N–H and O–H groups in total. The maximum atomic E-state index is 5.36. The Morgan fingerprint density at radius 1 is 0.545 bits per heavy atom. The summed E-state index contributed by atoms with van der Waals surface area (Å²) in [5.74, 6) is 0. The SMILES string of the molecule is CC(C)(C)c1ccc(CN2CCOCC2)cc1.CN1CCN(Cc2ccc(C(C)(C)C)cc2)CC1.Cn1cnc(C(C)(C)C)c1.Cn1cncc1C(C)(C)C. The van der Waals surface area contributed by atoms with Crippen molar-refractivity contribution in [2.75, 3.05) is 59.5 Å². The number of piperazine rings is 1. The van der Waals surface area contributed by atoms with Gasteiger partial charge in [-0.05, 0) is 40.1 Å². The van der Waals surface area contributed by atoms with Gasteiger partial charge in [-0.2, -0.15) is 0 Å². The lowest BCUT2D eigenvalue weighted by molar-refractivity contribution is 0.0342. The monoisotopic (exact) mass is 756 g/mol. The van der Waals surface area contributed by atoms with Gasteiger partial charge in [0.15, 0.2) is 0 Å². The van der Waals surface area contributed by atoms with Gasteiger partial charge in [-0.25, -0.2) is 9.97 Å². The van der Waals surface area contributed by atoms with Gasteiger partial charge in [-0.3, -0.25) is 9.80 Å². The summed E-state index contributed by atoms with van der Waals surface area (Å²) in [5.41, 5.74) is 8.99. The molecule has 8 heteroatoms. The van der Waals surface area contributed by atoms with Crippen LogP contribution in [0.15, 0.2) is 73.6 Å². The minimum absolute atomic E-state index is 0.182. The Morgan fingerprint density at radius 2 is 1.00 bits per heavy atom. The molecule has 0 atom stereocenters. The number of likely N-dealkylation sites (N-methyl/N-ethyl adjacent to an activating group) is 1. The van der Waals surface area contributed by atoms with Crippen LogP contribution in [-0.4, -0.2) is 93.3 Å². The van der Waals surface area contributed by atoms with Crippen LogP contribution in [0.5, 0.6) is 0 Å². The number of hydrogen-bond donors (Lipinski definition) is 0. The predicted molar refractivity (Wildman–Crippen MR) is 233 cm³/mol. The zero-order chi connectivity index (χ0) is 41.0. The molecular weight excluding hydrogens is 679 g/mol. The summed E-state index contributed by atoms with van der Waals surface area (Å²) in [6.45, 7) is 37.4. The molecule has 0 amide bonds. The molecule has 8 nitrogen and oxygen atoms in total. The van der Waals surface area contributed by atoms with Crippen LogP contribution in [0.25, 0.3) is 0 Å². The zero-order valence-corrected chi connectivity index (χ0v) is 37.5. The molecular formula is C47H77N7O. The number of imidazole rings is 2. The first-order valence-corrected chi connectivity index (χ1v) is 20.4. The first-order valence-electron chi connectivity index (χ1n) is 20.4. The summed E-state index contributed by atoms with van der Waals surface area (Å²) in [7, 11) is 6.21. The van der Waals surface area contributed by atoms with Gasteiger partial charge in [-0.1, -0.05) is 132 Å². The minimum Gasteiger partial charge on any atom is -0.379 e. The quantitative estimate of drug-likeness (QED) is 0.207. The molecule has 55 heavy (non-hydrogen) atoms. The topological polar surface area (TPSA) is 54.6 Å². The van der Waals surface area contributed by atoms with E-state index >= 15 is 0 Å². The highest BCUT2D eigenvalue weighted by atomic mass is 16.5. The maximum absolute atomic E-state index is 5.36. The van der Waals surface area contributed by atoms with Crippen molar-refractivity contribution in [2.45, 2.75) is 118 Å². The third-order valence-corrected chi connectivity index (χ3v) is 10.2. The van der Waals surface area contributed by atoms with Gasteiger partial charge < -0.3 is 18.8 Å². The molecule has 2 aromatic carbocycles. The fourth-order valence-electron chi connectivity index (χ4n) is 6.38. The number of aryl methyl sites for hydroxylation is 2. The van der Waals surface area contributed by atoms with Crippen LogP contribution in [0.1, 0.15) is 117 Å². The Balaban J connectivity index is 0.000000204. The van der Waals surface area contributed by atoms with Crippen molar-refractivity contribution in [3.63, 3.8) is 0 Å². The van der Waals surface area contributed by atoms with Crippen LogP contribution in [-0.2, 0) is 53.6 Å². The molecule has 4 aromatic rings. The average Bonchev–Trinajstić information content (AvgIpc) is 3.75. The second kappa shape index (κ2) is 20.2. The van der Waals surface area contributed by atoms with Crippen molar-refractivity contribution in [3.05, 3.63) is 107 Å². The standard InChI is InChI=1S/C16H26N2.C15H23NO.2C8H14N2/c1-16(2,3)15-7-5-14(6-8-15)13-18-11-9-17(4)10-12-18;1-15(2,3)14-6-4-13(5-7-14)12-16-8-10-17-11-9-16;1-8(2,3)7-5-10(4)6-9-7;1-8(2,3)7-5-9-6-10(7)4/h5-8H,9-13H2,1-4H3;4-7H,8-12H2,1-3H3;2*5-6H,1-4H3. The van der Waals surface area contributed by atoms with Crippen LogP contribution < -0.4 is 0 Å². The lowest BCUT2D eigenvalue weighted by atomic mass is 9.87.